The van der Waals surface area contributed by atoms with Crippen molar-refractivity contribution in [3.05, 3.63) is 29.3 Å². The SMILES string of the molecule is Nc1ccc(C(F)F)c(C(=O)O)c1. The molecule has 0 unspecified atom stereocenters. The Morgan fingerprint density at radius 3 is 2.54 bits per heavy atom. The molecule has 0 amide bonds. The summed E-state index contributed by atoms with van der Waals surface area (Å²) in [5.41, 5.74) is 4.45. The summed E-state index contributed by atoms with van der Waals surface area (Å²) in [6, 6.07) is 3.28. The molecule has 0 aromatic heterocycles. The van der Waals surface area contributed by atoms with E-state index in [9.17, 15) is 13.6 Å². The molecule has 0 aliphatic rings. The highest BCUT2D eigenvalue weighted by molar-refractivity contribution is 5.90. The normalized spacial score (nSPS) is 10.4. The fourth-order valence-electron chi connectivity index (χ4n) is 0.949. The van der Waals surface area contributed by atoms with E-state index in [1.807, 2.05) is 0 Å². The van der Waals surface area contributed by atoms with Crippen LogP contribution in [0.5, 0.6) is 0 Å². The number of anilines is 1. The molecule has 3 nitrogen and oxygen atoms in total. The summed E-state index contributed by atoms with van der Waals surface area (Å²) < 4.78 is 24.4. The Kier molecular flexibility index (Phi) is 2.46. The Morgan fingerprint density at radius 2 is 2.08 bits per heavy atom. The van der Waals surface area contributed by atoms with E-state index in [2.05, 4.69) is 0 Å². The number of carboxylic acid groups (broad SMARTS) is 1. The van der Waals surface area contributed by atoms with Crippen LogP contribution in [-0.2, 0) is 0 Å². The molecule has 0 bridgehead atoms. The van der Waals surface area contributed by atoms with E-state index in [4.69, 9.17) is 10.8 Å². The smallest absolute Gasteiger partial charge is 0.336 e. The molecule has 0 saturated carbocycles. The molecular formula is C8H7F2NO2. The molecule has 1 rings (SSSR count). The van der Waals surface area contributed by atoms with Crippen molar-refractivity contribution in [2.24, 2.45) is 0 Å². The van der Waals surface area contributed by atoms with Gasteiger partial charge >= 0.3 is 5.97 Å². The zero-order valence-electron chi connectivity index (χ0n) is 6.50. The number of benzene rings is 1. The predicted molar refractivity (Wildman–Crippen MR) is 42.8 cm³/mol. The molecule has 1 aromatic carbocycles. The minimum absolute atomic E-state index is 0.154. The largest absolute Gasteiger partial charge is 0.478 e. The van der Waals surface area contributed by atoms with Crippen molar-refractivity contribution in [1.29, 1.82) is 0 Å². The van der Waals surface area contributed by atoms with Crippen molar-refractivity contribution in [2.45, 2.75) is 6.43 Å². The fourth-order valence-corrected chi connectivity index (χ4v) is 0.949. The van der Waals surface area contributed by atoms with Crippen molar-refractivity contribution < 1.29 is 18.7 Å². The van der Waals surface area contributed by atoms with Crippen LogP contribution in [0.3, 0.4) is 0 Å². The van der Waals surface area contributed by atoms with Crippen molar-refractivity contribution in [3.63, 3.8) is 0 Å². The number of alkyl halides is 2. The first-order valence-electron chi connectivity index (χ1n) is 3.43. The summed E-state index contributed by atoms with van der Waals surface area (Å²) in [5, 5.41) is 8.55. The maximum absolute atomic E-state index is 12.2. The lowest BCUT2D eigenvalue weighted by Gasteiger charge is -2.04. The second-order valence-electron chi connectivity index (χ2n) is 2.45. The van der Waals surface area contributed by atoms with Gasteiger partial charge in [-0.15, -0.1) is 0 Å². The van der Waals surface area contributed by atoms with Gasteiger partial charge in [0.25, 0.3) is 6.43 Å². The molecule has 0 aliphatic carbocycles. The minimum atomic E-state index is -2.80. The molecule has 0 atom stereocenters. The van der Waals surface area contributed by atoms with Crippen LogP contribution in [0, 0.1) is 0 Å². The predicted octanol–water partition coefficient (Wildman–Crippen LogP) is 1.90. The maximum atomic E-state index is 12.2. The number of aromatic carboxylic acids is 1. The zero-order valence-corrected chi connectivity index (χ0v) is 6.50. The molecule has 70 valence electrons. The van der Waals surface area contributed by atoms with Gasteiger partial charge in [-0.05, 0) is 12.1 Å². The van der Waals surface area contributed by atoms with E-state index >= 15 is 0 Å². The monoisotopic (exact) mass is 187 g/mol. The Labute approximate surface area is 72.8 Å². The number of halogens is 2. The Hall–Kier alpha value is -1.65. The molecule has 0 spiro atoms. The first-order valence-corrected chi connectivity index (χ1v) is 3.43. The van der Waals surface area contributed by atoms with Gasteiger partial charge in [-0.3, -0.25) is 0 Å². The standard InChI is InChI=1S/C8H7F2NO2/c9-7(10)5-2-1-4(11)3-6(5)8(12)13/h1-3,7H,11H2,(H,12,13). The molecule has 1 aromatic rings. The highest BCUT2D eigenvalue weighted by Gasteiger charge is 2.17. The van der Waals surface area contributed by atoms with Crippen LogP contribution >= 0.6 is 0 Å². The number of nitrogens with two attached hydrogens (primary N) is 1. The average molecular weight is 187 g/mol. The summed E-state index contributed by atoms with van der Waals surface area (Å²) in [7, 11) is 0. The van der Waals surface area contributed by atoms with E-state index in [-0.39, 0.29) is 5.69 Å². The molecule has 0 heterocycles. The molecule has 0 fully saturated rings. The third-order valence-corrected chi connectivity index (χ3v) is 1.54. The van der Waals surface area contributed by atoms with Crippen LogP contribution in [0.4, 0.5) is 14.5 Å². The molecule has 3 N–H and O–H groups in total. The van der Waals surface area contributed by atoms with Gasteiger partial charge in [0.15, 0.2) is 0 Å². The molecule has 0 saturated heterocycles. The zero-order chi connectivity index (χ0) is 10.0. The molecule has 0 radical (unpaired) electrons. The number of hydrogen-bond acceptors (Lipinski definition) is 2. The van der Waals surface area contributed by atoms with Gasteiger partial charge in [0.1, 0.15) is 0 Å². The van der Waals surface area contributed by atoms with E-state index in [0.717, 1.165) is 12.1 Å². The highest BCUT2D eigenvalue weighted by atomic mass is 19.3. The highest BCUT2D eigenvalue weighted by Crippen LogP contribution is 2.24. The van der Waals surface area contributed by atoms with Crippen molar-refractivity contribution in [3.8, 4) is 0 Å². The molecule has 13 heavy (non-hydrogen) atoms. The second kappa shape index (κ2) is 3.38. The van der Waals surface area contributed by atoms with E-state index < -0.39 is 23.5 Å². The van der Waals surface area contributed by atoms with E-state index in [1.165, 1.54) is 6.07 Å². The lowest BCUT2D eigenvalue weighted by Crippen LogP contribution is -2.03. The second-order valence-corrected chi connectivity index (χ2v) is 2.45. The van der Waals surface area contributed by atoms with Crippen molar-refractivity contribution in [2.75, 3.05) is 5.73 Å². The van der Waals surface area contributed by atoms with Gasteiger partial charge in [-0.2, -0.15) is 0 Å². The first-order chi connectivity index (χ1) is 6.02. The van der Waals surface area contributed by atoms with Crippen molar-refractivity contribution in [1.82, 2.24) is 0 Å². The average Bonchev–Trinajstić information content (AvgIpc) is 2.03. The third-order valence-electron chi connectivity index (χ3n) is 1.54. The number of hydrogen-bond donors (Lipinski definition) is 2. The summed E-state index contributed by atoms with van der Waals surface area (Å²) >= 11 is 0. The van der Waals surface area contributed by atoms with E-state index in [1.54, 1.807) is 0 Å². The number of nitrogen functional groups attached to an aromatic ring is 1. The quantitative estimate of drug-likeness (QED) is 0.695. The van der Waals surface area contributed by atoms with Crippen LogP contribution in [0.15, 0.2) is 18.2 Å². The summed E-state index contributed by atoms with van der Waals surface area (Å²) in [6.45, 7) is 0. The number of rotatable bonds is 2. The van der Waals surface area contributed by atoms with Crippen LogP contribution in [-0.4, -0.2) is 11.1 Å². The van der Waals surface area contributed by atoms with Gasteiger partial charge in [-0.25, -0.2) is 13.6 Å². The van der Waals surface area contributed by atoms with Crippen LogP contribution in [0.1, 0.15) is 22.3 Å². The Morgan fingerprint density at radius 1 is 1.46 bits per heavy atom. The first kappa shape index (κ1) is 9.44. The topological polar surface area (TPSA) is 63.3 Å². The number of carbonyl (C=O) groups is 1. The van der Waals surface area contributed by atoms with Crippen molar-refractivity contribution >= 4 is 11.7 Å². The lowest BCUT2D eigenvalue weighted by molar-refractivity contribution is 0.0684. The minimum Gasteiger partial charge on any atom is -0.478 e. The van der Waals surface area contributed by atoms with Crippen LogP contribution < -0.4 is 5.73 Å². The molecular weight excluding hydrogens is 180 g/mol. The third kappa shape index (κ3) is 1.93. The lowest BCUT2D eigenvalue weighted by atomic mass is 10.1. The Balaban J connectivity index is 3.27. The summed E-state index contributed by atoms with van der Waals surface area (Å²) in [4.78, 5) is 10.5. The van der Waals surface area contributed by atoms with Crippen LogP contribution in [0.2, 0.25) is 0 Å². The van der Waals surface area contributed by atoms with Gasteiger partial charge in [-0.1, -0.05) is 6.07 Å². The maximum Gasteiger partial charge on any atom is 0.336 e. The Bertz CT molecular complexity index is 339. The fraction of sp³-hybridized carbons (Fsp3) is 0.125. The molecule has 0 aliphatic heterocycles. The van der Waals surface area contributed by atoms with Gasteiger partial charge in [0.2, 0.25) is 0 Å². The van der Waals surface area contributed by atoms with Gasteiger partial charge in [0.05, 0.1) is 5.56 Å². The molecule has 5 heteroatoms. The number of carboxylic acids is 1. The van der Waals surface area contributed by atoms with Gasteiger partial charge < -0.3 is 10.8 Å². The summed E-state index contributed by atoms with van der Waals surface area (Å²) in [5.74, 6) is -1.40. The van der Waals surface area contributed by atoms with Gasteiger partial charge in [0, 0.05) is 11.3 Å². The van der Waals surface area contributed by atoms with E-state index in [0.29, 0.717) is 0 Å². The van der Waals surface area contributed by atoms with Crippen LogP contribution in [0.25, 0.3) is 0 Å². The summed E-state index contributed by atoms with van der Waals surface area (Å²) in [6.07, 6.45) is -2.80.